The van der Waals surface area contributed by atoms with Crippen molar-refractivity contribution in [2.24, 2.45) is 0 Å². The molecule has 4 aromatic rings. The fourth-order valence-electron chi connectivity index (χ4n) is 2.95. The lowest BCUT2D eigenvalue weighted by molar-refractivity contribution is 0.102. The molecule has 0 aliphatic heterocycles. The van der Waals surface area contributed by atoms with E-state index in [1.807, 2.05) is 13.0 Å². The molecule has 0 unspecified atom stereocenters. The highest BCUT2D eigenvalue weighted by molar-refractivity contribution is 6.11. The molecule has 4 rings (SSSR count). The van der Waals surface area contributed by atoms with Crippen LogP contribution in [0.3, 0.4) is 0 Å². The topological polar surface area (TPSA) is 105 Å². The number of para-hydroxylation sites is 1. The number of H-pyrrole nitrogens is 1. The lowest BCUT2D eigenvalue weighted by Crippen LogP contribution is -2.18. The Hall–Kier alpha value is -4.27. The van der Waals surface area contributed by atoms with E-state index in [-0.39, 0.29) is 22.9 Å². The van der Waals surface area contributed by atoms with E-state index < -0.39 is 11.8 Å². The van der Waals surface area contributed by atoms with Gasteiger partial charge in [0, 0.05) is 24.0 Å². The molecule has 0 aliphatic carbocycles. The van der Waals surface area contributed by atoms with Crippen LogP contribution < -0.4 is 10.6 Å². The summed E-state index contributed by atoms with van der Waals surface area (Å²) in [6.45, 7) is 2.40. The van der Waals surface area contributed by atoms with Gasteiger partial charge in [0.25, 0.3) is 11.8 Å². The maximum absolute atomic E-state index is 13.1. The Kier molecular flexibility index (Phi) is 5.57. The molecular weight excluding hydrogens is 399 g/mol. The third-order valence-electron chi connectivity index (χ3n) is 4.54. The molecular formula is C22H19FN6O2. The Morgan fingerprint density at radius 3 is 2.48 bits per heavy atom. The molecule has 2 aromatic heterocycles. The van der Waals surface area contributed by atoms with Gasteiger partial charge in [0.15, 0.2) is 5.69 Å². The van der Waals surface area contributed by atoms with Gasteiger partial charge in [-0.2, -0.15) is 10.2 Å². The zero-order chi connectivity index (χ0) is 21.8. The van der Waals surface area contributed by atoms with Crippen LogP contribution in [-0.2, 0) is 6.54 Å². The van der Waals surface area contributed by atoms with Crippen LogP contribution in [0, 0.1) is 5.82 Å². The number of carbonyl (C=O) groups is 2. The third kappa shape index (κ3) is 4.50. The molecule has 0 spiro atoms. The third-order valence-corrected chi connectivity index (χ3v) is 4.54. The van der Waals surface area contributed by atoms with E-state index in [1.54, 1.807) is 53.3 Å². The molecule has 0 aliphatic rings. The number of rotatable bonds is 6. The number of anilines is 2. The first kappa shape index (κ1) is 20.0. The van der Waals surface area contributed by atoms with Gasteiger partial charge in [-0.15, -0.1) is 0 Å². The summed E-state index contributed by atoms with van der Waals surface area (Å²) in [5.41, 5.74) is 2.34. The Bertz CT molecular complexity index is 1210. The summed E-state index contributed by atoms with van der Waals surface area (Å²) in [6.07, 6.45) is 1.59. The van der Waals surface area contributed by atoms with Crippen molar-refractivity contribution in [2.45, 2.75) is 13.5 Å². The Morgan fingerprint density at radius 1 is 1.03 bits per heavy atom. The summed E-state index contributed by atoms with van der Waals surface area (Å²) in [6, 6.07) is 16.3. The number of hydrogen-bond acceptors (Lipinski definition) is 4. The second kappa shape index (κ2) is 8.62. The van der Waals surface area contributed by atoms with Gasteiger partial charge < -0.3 is 10.6 Å². The predicted octanol–water partition coefficient (Wildman–Crippen LogP) is 3.94. The van der Waals surface area contributed by atoms with E-state index in [4.69, 9.17) is 0 Å². The molecule has 2 heterocycles. The van der Waals surface area contributed by atoms with Crippen molar-refractivity contribution in [3.8, 4) is 11.3 Å². The minimum absolute atomic E-state index is 0.0947. The van der Waals surface area contributed by atoms with E-state index in [9.17, 15) is 14.0 Å². The fraction of sp³-hybridized carbons (Fsp3) is 0.0909. The van der Waals surface area contributed by atoms with Crippen LogP contribution in [0.15, 0.2) is 66.9 Å². The van der Waals surface area contributed by atoms with Gasteiger partial charge in [-0.25, -0.2) is 4.39 Å². The average Bonchev–Trinajstić information content (AvgIpc) is 3.42. The van der Waals surface area contributed by atoms with Crippen molar-refractivity contribution in [2.75, 3.05) is 10.6 Å². The highest BCUT2D eigenvalue weighted by Crippen LogP contribution is 2.20. The summed E-state index contributed by atoms with van der Waals surface area (Å²) < 4.78 is 14.7. The summed E-state index contributed by atoms with van der Waals surface area (Å²) in [4.78, 5) is 25.4. The number of nitrogens with one attached hydrogen (secondary N) is 3. The van der Waals surface area contributed by atoms with E-state index in [0.717, 1.165) is 0 Å². The first-order valence-electron chi connectivity index (χ1n) is 9.60. The number of benzene rings is 2. The van der Waals surface area contributed by atoms with Gasteiger partial charge in [0.05, 0.1) is 11.4 Å². The van der Waals surface area contributed by atoms with Crippen molar-refractivity contribution in [1.82, 2.24) is 20.0 Å². The van der Waals surface area contributed by atoms with Crippen molar-refractivity contribution >= 4 is 23.2 Å². The van der Waals surface area contributed by atoms with Gasteiger partial charge >= 0.3 is 0 Å². The number of aryl methyl sites for hydroxylation is 1. The van der Waals surface area contributed by atoms with Crippen molar-refractivity contribution in [3.63, 3.8) is 0 Å². The van der Waals surface area contributed by atoms with Gasteiger partial charge in [-0.3, -0.25) is 19.4 Å². The van der Waals surface area contributed by atoms with Crippen LogP contribution in [0.25, 0.3) is 11.3 Å². The molecule has 8 nitrogen and oxygen atoms in total. The molecule has 0 saturated heterocycles. The van der Waals surface area contributed by atoms with Crippen molar-refractivity contribution < 1.29 is 14.0 Å². The van der Waals surface area contributed by atoms with E-state index in [0.29, 0.717) is 23.5 Å². The van der Waals surface area contributed by atoms with Crippen LogP contribution in [-0.4, -0.2) is 31.8 Å². The molecule has 0 bridgehead atoms. The molecule has 0 fully saturated rings. The Labute approximate surface area is 177 Å². The second-order valence-electron chi connectivity index (χ2n) is 6.70. The summed E-state index contributed by atoms with van der Waals surface area (Å²) >= 11 is 0. The van der Waals surface area contributed by atoms with Gasteiger partial charge in [0.2, 0.25) is 0 Å². The summed E-state index contributed by atoms with van der Waals surface area (Å²) in [5, 5.41) is 16.5. The van der Waals surface area contributed by atoms with Crippen LogP contribution in [0.1, 0.15) is 27.9 Å². The molecule has 156 valence electrons. The molecule has 0 radical (unpaired) electrons. The fourth-order valence-corrected chi connectivity index (χ4v) is 2.95. The molecule has 0 saturated carbocycles. The van der Waals surface area contributed by atoms with Gasteiger partial charge in [0.1, 0.15) is 11.5 Å². The molecule has 3 N–H and O–H groups in total. The molecule has 9 heteroatoms. The maximum Gasteiger partial charge on any atom is 0.278 e. The normalized spacial score (nSPS) is 10.6. The first-order valence-corrected chi connectivity index (χ1v) is 9.60. The average molecular weight is 418 g/mol. The lowest BCUT2D eigenvalue weighted by Gasteiger charge is -2.05. The lowest BCUT2D eigenvalue weighted by atomic mass is 10.1. The number of hydrogen-bond donors (Lipinski definition) is 3. The van der Waals surface area contributed by atoms with Gasteiger partial charge in [-0.1, -0.05) is 18.2 Å². The van der Waals surface area contributed by atoms with E-state index >= 15 is 0 Å². The standard InChI is InChI=1S/C22H19FN6O2/c1-2-29-13-19(20(28-29)22(31)24-16-6-4-3-5-7-16)25-21(30)18-12-17(26-27-18)14-8-10-15(23)11-9-14/h3-13H,2H2,1H3,(H,24,31)(H,25,30)(H,26,27). The van der Waals surface area contributed by atoms with Crippen molar-refractivity contribution in [3.05, 3.63) is 84.1 Å². The quantitative estimate of drug-likeness (QED) is 0.441. The molecule has 31 heavy (non-hydrogen) atoms. The number of aromatic nitrogens is 4. The summed E-state index contributed by atoms with van der Waals surface area (Å²) in [5.74, 6) is -1.28. The number of aromatic amines is 1. The zero-order valence-corrected chi connectivity index (χ0v) is 16.6. The molecule has 2 aromatic carbocycles. The first-order chi connectivity index (χ1) is 15.0. The number of nitrogens with zero attached hydrogens (tertiary/aromatic N) is 3. The van der Waals surface area contributed by atoms with Crippen LogP contribution in [0.5, 0.6) is 0 Å². The van der Waals surface area contributed by atoms with Crippen LogP contribution in [0.2, 0.25) is 0 Å². The maximum atomic E-state index is 13.1. The molecule has 2 amide bonds. The Balaban J connectivity index is 1.53. The largest absolute Gasteiger partial charge is 0.321 e. The number of amides is 2. The van der Waals surface area contributed by atoms with Crippen LogP contribution in [0.4, 0.5) is 15.8 Å². The smallest absolute Gasteiger partial charge is 0.278 e. The highest BCUT2D eigenvalue weighted by atomic mass is 19.1. The van der Waals surface area contributed by atoms with Crippen molar-refractivity contribution in [1.29, 1.82) is 0 Å². The monoisotopic (exact) mass is 418 g/mol. The highest BCUT2D eigenvalue weighted by Gasteiger charge is 2.20. The second-order valence-corrected chi connectivity index (χ2v) is 6.70. The number of carbonyl (C=O) groups excluding carboxylic acids is 2. The van der Waals surface area contributed by atoms with E-state index in [2.05, 4.69) is 25.9 Å². The SMILES string of the molecule is CCn1cc(NC(=O)c2cc(-c3ccc(F)cc3)n[nH]2)c(C(=O)Nc2ccccc2)n1. The molecule has 0 atom stereocenters. The minimum Gasteiger partial charge on any atom is -0.321 e. The predicted molar refractivity (Wildman–Crippen MR) is 114 cm³/mol. The number of halogens is 1. The Morgan fingerprint density at radius 2 is 1.77 bits per heavy atom. The summed E-state index contributed by atoms with van der Waals surface area (Å²) in [7, 11) is 0. The van der Waals surface area contributed by atoms with Gasteiger partial charge in [-0.05, 0) is 49.4 Å². The van der Waals surface area contributed by atoms with Crippen LogP contribution >= 0.6 is 0 Å². The minimum atomic E-state index is -0.481. The zero-order valence-electron chi connectivity index (χ0n) is 16.6. The van der Waals surface area contributed by atoms with E-state index in [1.165, 1.54) is 12.1 Å².